The number of carbonyl (C=O) groups excluding carboxylic acids is 2. The largest absolute Gasteiger partial charge is 0.480 e. The molecule has 4 rings (SSSR count). The number of carboxylic acid groups (broad SMARTS) is 1. The molecular formula is C25H27Cl2N3O7. The van der Waals surface area contributed by atoms with E-state index in [1.54, 1.807) is 47.5 Å². The Hall–Kier alpha value is -2.89. The molecule has 2 saturated heterocycles. The fourth-order valence-electron chi connectivity index (χ4n) is 4.09. The molecule has 0 aliphatic carbocycles. The number of nitrogens with zero attached hydrogens (tertiary/aromatic N) is 1. The molecule has 2 aliphatic rings. The molecule has 10 nitrogen and oxygen atoms in total. The van der Waals surface area contributed by atoms with E-state index in [4.69, 9.17) is 37.4 Å². The number of aliphatic carboxylic acids is 1. The number of amides is 2. The number of piperidine rings is 1. The number of nitrogens with one attached hydrogen (secondary N) is 2. The van der Waals surface area contributed by atoms with Crippen LogP contribution in [0.4, 0.5) is 0 Å². The second-order valence-corrected chi connectivity index (χ2v) is 9.53. The molecule has 2 fully saturated rings. The summed E-state index contributed by atoms with van der Waals surface area (Å²) in [5.41, 5.74) is 3.39. The van der Waals surface area contributed by atoms with Gasteiger partial charge in [-0.05, 0) is 42.7 Å². The maximum absolute atomic E-state index is 12.9. The Bertz CT molecular complexity index is 1110. The summed E-state index contributed by atoms with van der Waals surface area (Å²) < 4.78 is 16.4. The highest BCUT2D eigenvalue weighted by atomic mass is 35.5. The molecule has 0 spiro atoms. The summed E-state index contributed by atoms with van der Waals surface area (Å²) in [5.74, 6) is -1.71. The number of carboxylic acids is 1. The van der Waals surface area contributed by atoms with Crippen LogP contribution < -0.4 is 15.5 Å². The van der Waals surface area contributed by atoms with Gasteiger partial charge < -0.3 is 24.6 Å². The van der Waals surface area contributed by atoms with Crippen LogP contribution in [0.2, 0.25) is 10.0 Å². The van der Waals surface area contributed by atoms with Crippen LogP contribution in [-0.2, 0) is 30.3 Å². The minimum Gasteiger partial charge on any atom is -0.480 e. The third-order valence-electron chi connectivity index (χ3n) is 6.03. The topological polar surface area (TPSA) is 126 Å². The summed E-state index contributed by atoms with van der Waals surface area (Å²) in [6.07, 6.45) is 0.586. The lowest BCUT2D eigenvalue weighted by molar-refractivity contribution is -0.145. The number of para-hydroxylation sites is 1. The van der Waals surface area contributed by atoms with Crippen molar-refractivity contribution in [2.24, 2.45) is 0 Å². The van der Waals surface area contributed by atoms with Gasteiger partial charge in [-0.25, -0.2) is 9.80 Å². The average Bonchev–Trinajstić information content (AvgIpc) is 3.38. The van der Waals surface area contributed by atoms with Crippen LogP contribution in [0, 0.1) is 0 Å². The smallest absolute Gasteiger partial charge is 0.326 e. The molecule has 0 aromatic heterocycles. The molecule has 3 N–H and O–H groups in total. The van der Waals surface area contributed by atoms with E-state index in [2.05, 4.69) is 10.7 Å². The van der Waals surface area contributed by atoms with Gasteiger partial charge in [-0.3, -0.25) is 15.0 Å². The van der Waals surface area contributed by atoms with Gasteiger partial charge in [0.25, 0.3) is 11.8 Å². The molecule has 0 saturated carbocycles. The molecule has 2 amide bonds. The van der Waals surface area contributed by atoms with Gasteiger partial charge in [0.15, 0.2) is 18.0 Å². The van der Waals surface area contributed by atoms with E-state index in [1.165, 1.54) is 0 Å². The Labute approximate surface area is 223 Å². The van der Waals surface area contributed by atoms with Crippen molar-refractivity contribution < 1.29 is 33.7 Å². The maximum atomic E-state index is 12.9. The number of halogens is 2. The van der Waals surface area contributed by atoms with Gasteiger partial charge >= 0.3 is 5.97 Å². The van der Waals surface area contributed by atoms with Crippen molar-refractivity contribution >= 4 is 41.0 Å². The number of hydrogen-bond acceptors (Lipinski definition) is 7. The molecule has 37 heavy (non-hydrogen) atoms. The summed E-state index contributed by atoms with van der Waals surface area (Å²) in [7, 11) is 0. The predicted octanol–water partition coefficient (Wildman–Crippen LogP) is 3.16. The zero-order valence-corrected chi connectivity index (χ0v) is 21.3. The zero-order valence-electron chi connectivity index (χ0n) is 19.8. The summed E-state index contributed by atoms with van der Waals surface area (Å²) >= 11 is 12.3. The van der Waals surface area contributed by atoms with Crippen LogP contribution in [-0.4, -0.2) is 66.0 Å². The molecule has 3 atom stereocenters. The number of rotatable bonds is 9. The minimum absolute atomic E-state index is 0.00752. The Kier molecular flexibility index (Phi) is 9.23. The first-order valence-electron chi connectivity index (χ1n) is 11.8. The van der Waals surface area contributed by atoms with Crippen LogP contribution in [0.5, 0.6) is 11.5 Å². The van der Waals surface area contributed by atoms with E-state index in [1.807, 2.05) is 0 Å². The first-order chi connectivity index (χ1) is 17.8. The average molecular weight is 552 g/mol. The molecule has 198 valence electrons. The van der Waals surface area contributed by atoms with Crippen molar-refractivity contribution in [3.05, 3.63) is 58.1 Å². The van der Waals surface area contributed by atoms with Crippen molar-refractivity contribution in [2.75, 3.05) is 19.9 Å². The van der Waals surface area contributed by atoms with Gasteiger partial charge in [-0.2, -0.15) is 0 Å². The van der Waals surface area contributed by atoms with Crippen LogP contribution in [0.15, 0.2) is 42.5 Å². The molecule has 2 aromatic carbocycles. The van der Waals surface area contributed by atoms with Gasteiger partial charge in [0.2, 0.25) is 0 Å². The maximum Gasteiger partial charge on any atom is 0.326 e. The summed E-state index contributed by atoms with van der Waals surface area (Å²) in [5, 5.41) is 14.7. The summed E-state index contributed by atoms with van der Waals surface area (Å²) in [6, 6.07) is 10.4. The molecule has 0 unspecified atom stereocenters. The Morgan fingerprint density at radius 2 is 1.59 bits per heavy atom. The van der Waals surface area contributed by atoms with Crippen molar-refractivity contribution in [1.29, 1.82) is 0 Å². The normalized spacial score (nSPS) is 20.7. The van der Waals surface area contributed by atoms with Crippen molar-refractivity contribution in [2.45, 2.75) is 43.9 Å². The Morgan fingerprint density at radius 1 is 0.973 bits per heavy atom. The van der Waals surface area contributed by atoms with Crippen molar-refractivity contribution in [3.8, 4) is 11.5 Å². The summed E-state index contributed by atoms with van der Waals surface area (Å²) in [4.78, 5) is 37.4. The fraction of sp³-hybridized carbons (Fsp3) is 0.400. The van der Waals surface area contributed by atoms with E-state index in [-0.39, 0.29) is 13.2 Å². The monoisotopic (exact) mass is 551 g/mol. The third kappa shape index (κ3) is 7.12. The van der Waals surface area contributed by atoms with Gasteiger partial charge in [0.1, 0.15) is 18.6 Å². The van der Waals surface area contributed by atoms with Crippen LogP contribution in [0.3, 0.4) is 0 Å². The number of ether oxygens (including phenoxy) is 3. The molecule has 2 heterocycles. The number of hydrazine groups is 1. The van der Waals surface area contributed by atoms with E-state index < -0.39 is 36.0 Å². The number of hydrogen-bond donors (Lipinski definition) is 3. The summed E-state index contributed by atoms with van der Waals surface area (Å²) in [6.45, 7) is 1.18. The first kappa shape index (κ1) is 27.2. The molecule has 2 aromatic rings. The van der Waals surface area contributed by atoms with Crippen LogP contribution >= 0.6 is 23.2 Å². The number of carbonyl (C=O) groups is 3. The van der Waals surface area contributed by atoms with Crippen molar-refractivity contribution in [3.63, 3.8) is 0 Å². The lowest BCUT2D eigenvalue weighted by Gasteiger charge is -2.28. The van der Waals surface area contributed by atoms with Crippen molar-refractivity contribution in [1.82, 2.24) is 15.8 Å². The third-order valence-corrected chi connectivity index (χ3v) is 6.62. The fourth-order valence-corrected chi connectivity index (χ4v) is 4.57. The minimum atomic E-state index is -1.26. The highest BCUT2D eigenvalue weighted by Gasteiger charge is 2.42. The van der Waals surface area contributed by atoms with Gasteiger partial charge in [0, 0.05) is 19.5 Å². The van der Waals surface area contributed by atoms with Gasteiger partial charge in [0.05, 0.1) is 10.0 Å². The second kappa shape index (κ2) is 12.6. The highest BCUT2D eigenvalue weighted by Crippen LogP contribution is 2.36. The molecule has 0 bridgehead atoms. The van der Waals surface area contributed by atoms with Gasteiger partial charge in [-0.1, -0.05) is 47.8 Å². The van der Waals surface area contributed by atoms with Gasteiger partial charge in [-0.15, -0.1) is 0 Å². The molecule has 12 heteroatoms. The Balaban J connectivity index is 1.35. The lowest BCUT2D eigenvalue weighted by atomic mass is 10.0. The van der Waals surface area contributed by atoms with E-state index in [0.717, 1.165) is 19.3 Å². The van der Waals surface area contributed by atoms with E-state index in [0.29, 0.717) is 40.2 Å². The predicted molar refractivity (Wildman–Crippen MR) is 134 cm³/mol. The molecule has 2 aliphatic heterocycles. The zero-order chi connectivity index (χ0) is 26.4. The highest BCUT2D eigenvalue weighted by molar-refractivity contribution is 6.37. The first-order valence-corrected chi connectivity index (χ1v) is 12.6. The van der Waals surface area contributed by atoms with E-state index >= 15 is 0 Å². The SMILES string of the molecule is O=C(O)[C@H](Cc1ccc(Oc2c(Cl)cccc2Cl)cc1)NC(=O)[C@@H]1OCO[C@H]1C(=O)NN1CCCCC1. The lowest BCUT2D eigenvalue weighted by Crippen LogP contribution is -2.55. The standard InChI is InChI=1S/C25H27Cl2N3O7/c26-17-5-4-6-18(27)20(17)37-16-9-7-15(8-10-16)13-19(25(33)34)28-23(31)21-22(36-14-35-21)24(32)29-30-11-2-1-3-12-30/h4-10,19,21-22H,1-3,11-14H2,(H,28,31)(H,29,32)(H,33,34)/t19-,21+,22+/m0/s1. The van der Waals surface area contributed by atoms with Crippen LogP contribution in [0.1, 0.15) is 24.8 Å². The van der Waals surface area contributed by atoms with Crippen LogP contribution in [0.25, 0.3) is 0 Å². The Morgan fingerprint density at radius 3 is 2.22 bits per heavy atom. The molecular weight excluding hydrogens is 525 g/mol. The van der Waals surface area contributed by atoms with E-state index in [9.17, 15) is 19.5 Å². The quantitative estimate of drug-likeness (QED) is 0.433. The number of benzene rings is 2. The molecule has 0 radical (unpaired) electrons. The second-order valence-electron chi connectivity index (χ2n) is 8.72.